The molecular formula is C19H19N3O6S. The number of sulfonamides is 1. The van der Waals surface area contributed by atoms with Gasteiger partial charge in [-0.15, -0.1) is 0 Å². The van der Waals surface area contributed by atoms with Gasteiger partial charge >= 0.3 is 5.97 Å². The van der Waals surface area contributed by atoms with Gasteiger partial charge in [0.05, 0.1) is 32.1 Å². The lowest BCUT2D eigenvalue weighted by Gasteiger charge is -2.05. The third kappa shape index (κ3) is 5.39. The van der Waals surface area contributed by atoms with Crippen LogP contribution in [0.5, 0.6) is 5.75 Å². The zero-order chi connectivity index (χ0) is 20.9. The highest BCUT2D eigenvalue weighted by molar-refractivity contribution is 7.88. The van der Waals surface area contributed by atoms with Gasteiger partial charge in [0.15, 0.2) is 0 Å². The number of hydrogen-bond donors (Lipinski definition) is 1. The molecule has 0 saturated carbocycles. The molecule has 0 fully saturated rings. The highest BCUT2D eigenvalue weighted by Crippen LogP contribution is 2.21. The van der Waals surface area contributed by atoms with Crippen molar-refractivity contribution in [3.8, 4) is 17.1 Å². The van der Waals surface area contributed by atoms with Crippen molar-refractivity contribution in [2.45, 2.75) is 12.3 Å². The lowest BCUT2D eigenvalue weighted by atomic mass is 10.1. The van der Waals surface area contributed by atoms with Crippen LogP contribution in [-0.4, -0.2) is 38.7 Å². The van der Waals surface area contributed by atoms with Crippen LogP contribution in [0.4, 0.5) is 0 Å². The highest BCUT2D eigenvalue weighted by atomic mass is 32.2. The summed E-state index contributed by atoms with van der Waals surface area (Å²) in [4.78, 5) is 15.6. The Labute approximate surface area is 167 Å². The van der Waals surface area contributed by atoms with Crippen LogP contribution in [-0.2, 0) is 27.1 Å². The van der Waals surface area contributed by atoms with Crippen molar-refractivity contribution in [3.63, 3.8) is 0 Å². The van der Waals surface area contributed by atoms with Crippen LogP contribution in [0.15, 0.2) is 53.1 Å². The minimum atomic E-state index is -3.65. The zero-order valence-electron chi connectivity index (χ0n) is 15.8. The maximum Gasteiger partial charge on any atom is 0.337 e. The molecule has 0 radical (unpaired) electrons. The molecule has 1 N–H and O–H groups in total. The van der Waals surface area contributed by atoms with Gasteiger partial charge in [0.1, 0.15) is 5.75 Å². The van der Waals surface area contributed by atoms with Crippen LogP contribution in [0.1, 0.15) is 21.8 Å². The predicted octanol–water partition coefficient (Wildman–Crippen LogP) is 2.15. The first-order chi connectivity index (χ1) is 13.9. The maximum absolute atomic E-state index is 12.3. The van der Waals surface area contributed by atoms with Gasteiger partial charge in [-0.25, -0.2) is 17.9 Å². The van der Waals surface area contributed by atoms with Gasteiger partial charge in [0.2, 0.25) is 21.7 Å². The molecule has 0 unspecified atom stereocenters. The Bertz CT molecular complexity index is 1090. The van der Waals surface area contributed by atoms with Crippen LogP contribution in [0, 0.1) is 0 Å². The Kier molecular flexibility index (Phi) is 6.25. The van der Waals surface area contributed by atoms with Crippen molar-refractivity contribution in [2.75, 3.05) is 14.2 Å². The maximum atomic E-state index is 12.3. The number of esters is 1. The van der Waals surface area contributed by atoms with E-state index in [0.717, 1.165) is 0 Å². The molecule has 3 rings (SSSR count). The Morgan fingerprint density at radius 1 is 1.14 bits per heavy atom. The largest absolute Gasteiger partial charge is 0.497 e. The molecule has 152 valence electrons. The first-order valence-electron chi connectivity index (χ1n) is 8.52. The summed E-state index contributed by atoms with van der Waals surface area (Å²) in [6.45, 7) is -0.139. The molecule has 0 bridgehead atoms. The number of carbonyl (C=O) groups is 1. The molecular weight excluding hydrogens is 398 g/mol. The molecule has 0 aliphatic carbocycles. The van der Waals surface area contributed by atoms with Gasteiger partial charge < -0.3 is 14.0 Å². The molecule has 29 heavy (non-hydrogen) atoms. The summed E-state index contributed by atoms with van der Waals surface area (Å²) in [6.07, 6.45) is 0. The Balaban J connectivity index is 1.62. The van der Waals surface area contributed by atoms with Gasteiger partial charge in [0, 0.05) is 5.56 Å². The summed E-state index contributed by atoms with van der Waals surface area (Å²) in [7, 11) is -0.818. The second-order valence-corrected chi connectivity index (χ2v) is 7.82. The molecule has 10 heteroatoms. The second kappa shape index (κ2) is 8.84. The van der Waals surface area contributed by atoms with E-state index in [2.05, 4.69) is 19.6 Å². The minimum absolute atomic E-state index is 0.132. The summed E-state index contributed by atoms with van der Waals surface area (Å²) in [5.74, 6) is 0.364. The number of aromatic nitrogens is 2. The van der Waals surface area contributed by atoms with E-state index in [1.165, 1.54) is 19.2 Å². The number of nitrogens with zero attached hydrogens (tertiary/aromatic N) is 2. The number of nitrogens with one attached hydrogen (secondary N) is 1. The molecule has 0 aliphatic rings. The fourth-order valence-corrected chi connectivity index (χ4v) is 3.58. The van der Waals surface area contributed by atoms with Crippen LogP contribution in [0.25, 0.3) is 11.4 Å². The van der Waals surface area contributed by atoms with E-state index in [1.807, 2.05) is 0 Å². The summed E-state index contributed by atoms with van der Waals surface area (Å²) in [6, 6.07) is 13.2. The van der Waals surface area contributed by atoms with Crippen molar-refractivity contribution in [3.05, 3.63) is 65.5 Å². The average molecular weight is 417 g/mol. The molecule has 9 nitrogen and oxygen atoms in total. The summed E-state index contributed by atoms with van der Waals surface area (Å²) < 4.78 is 41.9. The normalized spacial score (nSPS) is 11.2. The van der Waals surface area contributed by atoms with E-state index < -0.39 is 16.0 Å². The highest BCUT2D eigenvalue weighted by Gasteiger charge is 2.15. The number of hydrogen-bond acceptors (Lipinski definition) is 8. The summed E-state index contributed by atoms with van der Waals surface area (Å²) >= 11 is 0. The topological polar surface area (TPSA) is 121 Å². The molecule has 0 spiro atoms. The van der Waals surface area contributed by atoms with Crippen molar-refractivity contribution in [1.29, 1.82) is 0 Å². The van der Waals surface area contributed by atoms with E-state index in [4.69, 9.17) is 9.26 Å². The lowest BCUT2D eigenvalue weighted by molar-refractivity contribution is 0.0600. The molecule has 0 aliphatic heterocycles. The molecule has 0 saturated heterocycles. The van der Waals surface area contributed by atoms with E-state index in [-0.39, 0.29) is 18.2 Å². The summed E-state index contributed by atoms with van der Waals surface area (Å²) in [5, 5.41) is 3.86. The smallest absolute Gasteiger partial charge is 0.337 e. The lowest BCUT2D eigenvalue weighted by Crippen LogP contribution is -2.24. The van der Waals surface area contributed by atoms with Crippen LogP contribution >= 0.6 is 0 Å². The minimum Gasteiger partial charge on any atom is -0.497 e. The van der Waals surface area contributed by atoms with Gasteiger partial charge in [-0.1, -0.05) is 29.4 Å². The van der Waals surface area contributed by atoms with Crippen LogP contribution < -0.4 is 9.46 Å². The SMILES string of the molecule is COC(=O)c1ccc(CS(=O)(=O)NCc2nc(-c3cccc(OC)c3)no2)cc1. The zero-order valence-corrected chi connectivity index (χ0v) is 16.6. The number of methoxy groups -OCH3 is 2. The molecule has 3 aromatic rings. The third-order valence-corrected chi connectivity index (χ3v) is 5.27. The number of rotatable bonds is 8. The second-order valence-electron chi connectivity index (χ2n) is 6.01. The molecule has 1 aromatic heterocycles. The van der Waals surface area contributed by atoms with Gasteiger partial charge in [-0.05, 0) is 29.8 Å². The predicted molar refractivity (Wildman–Crippen MR) is 104 cm³/mol. The molecule has 0 amide bonds. The molecule has 2 aromatic carbocycles. The van der Waals surface area contributed by atoms with Gasteiger partial charge in [-0.3, -0.25) is 0 Å². The Hall–Kier alpha value is -3.24. The van der Waals surface area contributed by atoms with E-state index >= 15 is 0 Å². The molecule has 0 atom stereocenters. The van der Waals surface area contributed by atoms with Crippen molar-refractivity contribution in [2.24, 2.45) is 0 Å². The average Bonchev–Trinajstić information content (AvgIpc) is 3.21. The van der Waals surface area contributed by atoms with Crippen molar-refractivity contribution in [1.82, 2.24) is 14.9 Å². The van der Waals surface area contributed by atoms with Gasteiger partial charge in [-0.2, -0.15) is 4.98 Å². The third-order valence-electron chi connectivity index (χ3n) is 3.97. The van der Waals surface area contributed by atoms with Crippen molar-refractivity contribution >= 4 is 16.0 Å². The van der Waals surface area contributed by atoms with Crippen LogP contribution in [0.3, 0.4) is 0 Å². The first-order valence-corrected chi connectivity index (χ1v) is 10.2. The summed E-state index contributed by atoms with van der Waals surface area (Å²) in [5.41, 5.74) is 1.55. The quantitative estimate of drug-likeness (QED) is 0.554. The Morgan fingerprint density at radius 3 is 2.59 bits per heavy atom. The number of benzene rings is 2. The van der Waals surface area contributed by atoms with Crippen LogP contribution in [0.2, 0.25) is 0 Å². The number of ether oxygens (including phenoxy) is 2. The molecule has 1 heterocycles. The van der Waals surface area contributed by atoms with Gasteiger partial charge in [0.25, 0.3) is 0 Å². The number of carbonyl (C=O) groups excluding carboxylic acids is 1. The fraction of sp³-hybridized carbons (Fsp3) is 0.211. The van der Waals surface area contributed by atoms with Crippen molar-refractivity contribution < 1.29 is 27.2 Å². The van der Waals surface area contributed by atoms with E-state index in [1.54, 1.807) is 43.5 Å². The van der Waals surface area contributed by atoms with E-state index in [0.29, 0.717) is 28.3 Å². The Morgan fingerprint density at radius 2 is 1.90 bits per heavy atom. The fourth-order valence-electron chi connectivity index (χ4n) is 2.50. The standard InChI is InChI=1S/C19H19N3O6S/c1-26-16-5-3-4-15(10-16)18-21-17(28-22-18)11-20-29(24,25)12-13-6-8-14(9-7-13)19(23)27-2/h3-10,20H,11-12H2,1-2H3. The first kappa shape index (κ1) is 20.5. The monoisotopic (exact) mass is 417 g/mol. The van der Waals surface area contributed by atoms with E-state index in [9.17, 15) is 13.2 Å².